The zero-order valence-corrected chi connectivity index (χ0v) is 11.3. The van der Waals surface area contributed by atoms with Crippen LogP contribution >= 0.6 is 0 Å². The van der Waals surface area contributed by atoms with Crippen molar-refractivity contribution in [1.29, 1.82) is 0 Å². The summed E-state index contributed by atoms with van der Waals surface area (Å²) in [5.74, 6) is 0.378. The predicted octanol–water partition coefficient (Wildman–Crippen LogP) is 2.13. The topological polar surface area (TPSA) is 35.5 Å². The number of hydrogen-bond donors (Lipinski definition) is 2. The van der Waals surface area contributed by atoms with E-state index in [4.69, 9.17) is 0 Å². The molecule has 0 saturated heterocycles. The van der Waals surface area contributed by atoms with E-state index in [1.807, 2.05) is 19.1 Å². The van der Waals surface area contributed by atoms with Crippen LogP contribution < -0.4 is 5.32 Å². The van der Waals surface area contributed by atoms with Gasteiger partial charge in [-0.25, -0.2) is 0 Å². The molecule has 3 heteroatoms. The van der Waals surface area contributed by atoms with E-state index < -0.39 is 0 Å². The van der Waals surface area contributed by atoms with Crippen molar-refractivity contribution in [2.45, 2.75) is 32.9 Å². The average molecular weight is 236 g/mol. The highest BCUT2D eigenvalue weighted by Crippen LogP contribution is 2.17. The number of benzene rings is 1. The van der Waals surface area contributed by atoms with Crippen LogP contribution in [0.3, 0.4) is 0 Å². The van der Waals surface area contributed by atoms with Crippen LogP contribution in [0.15, 0.2) is 18.2 Å². The molecule has 96 valence electrons. The minimum atomic E-state index is 0.378. The zero-order valence-electron chi connectivity index (χ0n) is 11.3. The largest absolute Gasteiger partial charge is 0.508 e. The molecule has 2 N–H and O–H groups in total. The van der Waals surface area contributed by atoms with Crippen LogP contribution in [0.4, 0.5) is 0 Å². The number of aryl methyl sites for hydroxylation is 1. The van der Waals surface area contributed by atoms with Crippen LogP contribution in [-0.4, -0.2) is 36.7 Å². The molecule has 0 saturated carbocycles. The molecule has 3 nitrogen and oxygen atoms in total. The number of nitrogens with one attached hydrogen (secondary N) is 1. The molecule has 0 aromatic heterocycles. The van der Waals surface area contributed by atoms with Gasteiger partial charge in [0.25, 0.3) is 0 Å². The van der Waals surface area contributed by atoms with E-state index in [0.29, 0.717) is 11.8 Å². The van der Waals surface area contributed by atoms with Crippen molar-refractivity contribution in [2.24, 2.45) is 0 Å². The predicted molar refractivity (Wildman–Crippen MR) is 72.3 cm³/mol. The van der Waals surface area contributed by atoms with Gasteiger partial charge in [-0.15, -0.1) is 0 Å². The van der Waals surface area contributed by atoms with E-state index in [1.165, 1.54) is 5.56 Å². The molecule has 1 atom stereocenters. The lowest BCUT2D eigenvalue weighted by Crippen LogP contribution is -2.29. The molecule has 1 unspecified atom stereocenters. The van der Waals surface area contributed by atoms with Crippen molar-refractivity contribution in [3.8, 4) is 5.75 Å². The lowest BCUT2D eigenvalue weighted by Gasteiger charge is -2.17. The van der Waals surface area contributed by atoms with Crippen molar-refractivity contribution in [3.63, 3.8) is 0 Å². The Morgan fingerprint density at radius 1 is 1.35 bits per heavy atom. The molecule has 0 heterocycles. The first-order chi connectivity index (χ1) is 7.99. The highest BCUT2D eigenvalue weighted by molar-refractivity contribution is 5.35. The third-order valence-corrected chi connectivity index (χ3v) is 2.89. The Labute approximate surface area is 104 Å². The molecule has 0 amide bonds. The van der Waals surface area contributed by atoms with Crippen LogP contribution in [0.1, 0.15) is 24.5 Å². The molecule has 0 aliphatic rings. The fourth-order valence-corrected chi connectivity index (χ4v) is 1.69. The van der Waals surface area contributed by atoms with Gasteiger partial charge in [-0.05, 0) is 47.0 Å². The summed E-state index contributed by atoms with van der Waals surface area (Å²) in [7, 11) is 4.16. The van der Waals surface area contributed by atoms with Gasteiger partial charge in [-0.1, -0.05) is 17.7 Å². The Kier molecular flexibility index (Phi) is 5.45. The van der Waals surface area contributed by atoms with Gasteiger partial charge in [0.15, 0.2) is 0 Å². The second-order valence-corrected chi connectivity index (χ2v) is 5.01. The van der Waals surface area contributed by atoms with E-state index in [-0.39, 0.29) is 0 Å². The summed E-state index contributed by atoms with van der Waals surface area (Å²) in [6.07, 6.45) is 1.11. The van der Waals surface area contributed by atoms with Gasteiger partial charge >= 0.3 is 0 Å². The minimum Gasteiger partial charge on any atom is -0.508 e. The maximum Gasteiger partial charge on any atom is 0.120 e. The fourth-order valence-electron chi connectivity index (χ4n) is 1.69. The SMILES string of the molecule is Cc1ccc(O)c(CNC(C)CCN(C)C)c1. The highest BCUT2D eigenvalue weighted by atomic mass is 16.3. The molecule has 0 radical (unpaired) electrons. The van der Waals surface area contributed by atoms with E-state index >= 15 is 0 Å². The summed E-state index contributed by atoms with van der Waals surface area (Å²) in [4.78, 5) is 2.18. The molecule has 0 spiro atoms. The normalized spacial score (nSPS) is 13.0. The summed E-state index contributed by atoms with van der Waals surface area (Å²) in [6.45, 7) is 6.02. The number of phenols is 1. The van der Waals surface area contributed by atoms with Crippen molar-refractivity contribution >= 4 is 0 Å². The quantitative estimate of drug-likeness (QED) is 0.794. The van der Waals surface area contributed by atoms with Gasteiger partial charge < -0.3 is 15.3 Å². The van der Waals surface area contributed by atoms with Gasteiger partial charge in [0, 0.05) is 18.2 Å². The lowest BCUT2D eigenvalue weighted by molar-refractivity contribution is 0.364. The average Bonchev–Trinajstić information content (AvgIpc) is 2.27. The van der Waals surface area contributed by atoms with E-state index in [2.05, 4.69) is 31.2 Å². The number of phenolic OH excluding ortho intramolecular Hbond substituents is 1. The van der Waals surface area contributed by atoms with Crippen LogP contribution in [0, 0.1) is 6.92 Å². The van der Waals surface area contributed by atoms with E-state index in [1.54, 1.807) is 6.07 Å². The van der Waals surface area contributed by atoms with Gasteiger partial charge in [0.05, 0.1) is 0 Å². The maximum atomic E-state index is 9.72. The zero-order chi connectivity index (χ0) is 12.8. The van der Waals surface area contributed by atoms with Crippen LogP contribution in [0.25, 0.3) is 0 Å². The molecule has 1 rings (SSSR count). The first-order valence-corrected chi connectivity index (χ1v) is 6.15. The first kappa shape index (κ1) is 14.0. The smallest absolute Gasteiger partial charge is 0.120 e. The molecule has 17 heavy (non-hydrogen) atoms. The van der Waals surface area contributed by atoms with E-state index in [9.17, 15) is 5.11 Å². The number of nitrogens with zero attached hydrogens (tertiary/aromatic N) is 1. The number of hydrogen-bond acceptors (Lipinski definition) is 3. The Morgan fingerprint density at radius 2 is 2.06 bits per heavy atom. The number of rotatable bonds is 6. The second-order valence-electron chi connectivity index (χ2n) is 5.01. The molecule has 1 aromatic rings. The Hall–Kier alpha value is -1.06. The molecule has 0 aliphatic heterocycles. The molecule has 0 aliphatic carbocycles. The van der Waals surface area contributed by atoms with Gasteiger partial charge in [0.1, 0.15) is 5.75 Å². The molecular weight excluding hydrogens is 212 g/mol. The van der Waals surface area contributed by atoms with Gasteiger partial charge in [0.2, 0.25) is 0 Å². The van der Waals surface area contributed by atoms with Crippen LogP contribution in [0.5, 0.6) is 5.75 Å². The first-order valence-electron chi connectivity index (χ1n) is 6.15. The molecular formula is C14H24N2O. The van der Waals surface area contributed by atoms with Gasteiger partial charge in [-0.3, -0.25) is 0 Å². The third kappa shape index (κ3) is 5.20. The number of aromatic hydroxyl groups is 1. The summed E-state index contributed by atoms with van der Waals surface area (Å²) >= 11 is 0. The van der Waals surface area contributed by atoms with Crippen molar-refractivity contribution in [3.05, 3.63) is 29.3 Å². The van der Waals surface area contributed by atoms with Crippen LogP contribution in [-0.2, 0) is 6.54 Å². The monoisotopic (exact) mass is 236 g/mol. The summed E-state index contributed by atoms with van der Waals surface area (Å²) < 4.78 is 0. The third-order valence-electron chi connectivity index (χ3n) is 2.89. The summed E-state index contributed by atoms with van der Waals surface area (Å²) in [5.41, 5.74) is 2.15. The molecule has 0 fully saturated rings. The molecule has 0 bridgehead atoms. The lowest BCUT2D eigenvalue weighted by atomic mass is 10.1. The summed E-state index contributed by atoms with van der Waals surface area (Å²) in [6, 6.07) is 6.17. The van der Waals surface area contributed by atoms with Crippen molar-refractivity contribution in [2.75, 3.05) is 20.6 Å². The second kappa shape index (κ2) is 6.62. The Balaban J connectivity index is 2.41. The van der Waals surface area contributed by atoms with Crippen molar-refractivity contribution in [1.82, 2.24) is 10.2 Å². The van der Waals surface area contributed by atoms with Crippen LogP contribution in [0.2, 0.25) is 0 Å². The van der Waals surface area contributed by atoms with Gasteiger partial charge in [-0.2, -0.15) is 0 Å². The van der Waals surface area contributed by atoms with Crippen molar-refractivity contribution < 1.29 is 5.11 Å². The fraction of sp³-hybridized carbons (Fsp3) is 0.571. The Morgan fingerprint density at radius 3 is 2.71 bits per heavy atom. The summed E-state index contributed by atoms with van der Waals surface area (Å²) in [5, 5.41) is 13.2. The maximum absolute atomic E-state index is 9.72. The Bertz CT molecular complexity index is 350. The standard InChI is InChI=1S/C14H24N2O/c1-11-5-6-14(17)13(9-11)10-15-12(2)7-8-16(3)4/h5-6,9,12,15,17H,7-8,10H2,1-4H3. The minimum absolute atomic E-state index is 0.378. The van der Waals surface area contributed by atoms with E-state index in [0.717, 1.165) is 25.1 Å². The highest BCUT2D eigenvalue weighted by Gasteiger charge is 2.05. The molecule has 1 aromatic carbocycles.